The highest BCUT2D eigenvalue weighted by Gasteiger charge is 2.10. The molecule has 0 bridgehead atoms. The predicted molar refractivity (Wildman–Crippen MR) is 128 cm³/mol. The minimum absolute atomic E-state index is 0.424. The molecule has 1 N–H and O–H groups in total. The zero-order valence-electron chi connectivity index (χ0n) is 18.3. The summed E-state index contributed by atoms with van der Waals surface area (Å²) in [5, 5.41) is 17.2. The van der Waals surface area contributed by atoms with Crippen LogP contribution in [0.2, 0.25) is 0 Å². The molecule has 2 heterocycles. The average molecular weight is 445 g/mol. The van der Waals surface area contributed by atoms with Crippen LogP contribution in [0.3, 0.4) is 0 Å². The summed E-state index contributed by atoms with van der Waals surface area (Å²) < 4.78 is 7.58. The van der Waals surface area contributed by atoms with Crippen LogP contribution in [0.4, 0.5) is 11.6 Å². The van der Waals surface area contributed by atoms with Crippen LogP contribution < -0.4 is 10.1 Å². The molecule has 5 aromatic rings. The lowest BCUT2D eigenvalue weighted by Gasteiger charge is -2.10. The number of nitrogens with zero attached hydrogens (tertiary/aromatic N) is 6. The van der Waals surface area contributed by atoms with Crippen molar-refractivity contribution in [1.82, 2.24) is 24.7 Å². The lowest BCUT2D eigenvalue weighted by Crippen LogP contribution is -1.99. The first kappa shape index (κ1) is 20.8. The second-order valence-electron chi connectivity index (χ2n) is 7.41. The van der Waals surface area contributed by atoms with Gasteiger partial charge in [-0.2, -0.15) is 10.4 Å². The van der Waals surface area contributed by atoms with Crippen molar-refractivity contribution in [3.05, 3.63) is 103 Å². The Kier molecular flexibility index (Phi) is 5.65. The fourth-order valence-corrected chi connectivity index (χ4v) is 3.36. The van der Waals surface area contributed by atoms with E-state index in [2.05, 4.69) is 31.4 Å². The number of aromatic nitrogens is 5. The quantitative estimate of drug-likeness (QED) is 0.371. The van der Waals surface area contributed by atoms with Crippen molar-refractivity contribution < 1.29 is 4.74 Å². The molecule has 0 atom stereocenters. The highest BCUT2D eigenvalue weighted by molar-refractivity contribution is 5.66. The Morgan fingerprint density at radius 2 is 1.76 bits per heavy atom. The predicted octanol–water partition coefficient (Wildman–Crippen LogP) is 5.44. The van der Waals surface area contributed by atoms with E-state index in [-0.39, 0.29) is 0 Å². The number of ether oxygens (including phenoxy) is 1. The van der Waals surface area contributed by atoms with Gasteiger partial charge in [-0.1, -0.05) is 18.2 Å². The zero-order valence-corrected chi connectivity index (χ0v) is 18.3. The van der Waals surface area contributed by atoms with Gasteiger partial charge in [-0.15, -0.1) is 0 Å². The van der Waals surface area contributed by atoms with Gasteiger partial charge in [0.25, 0.3) is 0 Å². The molecule has 0 saturated carbocycles. The third-order valence-corrected chi connectivity index (χ3v) is 5.02. The molecule has 0 radical (unpaired) electrons. The second kappa shape index (κ2) is 9.22. The minimum atomic E-state index is 0.424. The molecule has 5 rings (SSSR count). The Morgan fingerprint density at radius 3 is 2.50 bits per heavy atom. The molecule has 0 unspecified atom stereocenters. The largest absolute Gasteiger partial charge is 0.456 e. The Hall–Kier alpha value is -5.03. The van der Waals surface area contributed by atoms with Crippen LogP contribution in [0, 0.1) is 18.3 Å². The lowest BCUT2D eigenvalue weighted by atomic mass is 10.1. The third-order valence-electron chi connectivity index (χ3n) is 5.02. The Morgan fingerprint density at radius 1 is 0.941 bits per heavy atom. The Balaban J connectivity index is 1.35. The third kappa shape index (κ3) is 4.59. The van der Waals surface area contributed by atoms with Crippen molar-refractivity contribution in [2.24, 2.45) is 0 Å². The van der Waals surface area contributed by atoms with E-state index in [0.717, 1.165) is 16.9 Å². The van der Waals surface area contributed by atoms with Crippen LogP contribution in [-0.2, 0) is 0 Å². The molecule has 3 aromatic carbocycles. The van der Waals surface area contributed by atoms with E-state index in [1.165, 1.54) is 0 Å². The fraction of sp³-hybridized carbons (Fsp3) is 0.0385. The summed E-state index contributed by atoms with van der Waals surface area (Å²) in [6.45, 7) is 1.85. The van der Waals surface area contributed by atoms with E-state index < -0.39 is 0 Å². The van der Waals surface area contributed by atoms with Gasteiger partial charge in [-0.05, 0) is 67.6 Å². The fourth-order valence-electron chi connectivity index (χ4n) is 3.36. The molecular weight excluding hydrogens is 426 g/mol. The first-order valence-corrected chi connectivity index (χ1v) is 10.5. The number of hydrogen-bond donors (Lipinski definition) is 1. The van der Waals surface area contributed by atoms with Gasteiger partial charge in [0.05, 0.1) is 16.9 Å². The maximum absolute atomic E-state index is 9.64. The molecule has 164 valence electrons. The molecule has 0 fully saturated rings. The maximum atomic E-state index is 9.64. The highest BCUT2D eigenvalue weighted by Crippen LogP contribution is 2.29. The highest BCUT2D eigenvalue weighted by atomic mass is 16.5. The van der Waals surface area contributed by atoms with Crippen molar-refractivity contribution in [3.63, 3.8) is 0 Å². The normalized spacial score (nSPS) is 10.5. The van der Waals surface area contributed by atoms with Gasteiger partial charge >= 0.3 is 0 Å². The smallest absolute Gasteiger partial charge is 0.227 e. The molecule has 0 spiro atoms. The van der Waals surface area contributed by atoms with Crippen LogP contribution in [0.15, 0.2) is 91.4 Å². The van der Waals surface area contributed by atoms with Gasteiger partial charge in [0.15, 0.2) is 0 Å². The first-order chi connectivity index (χ1) is 16.7. The van der Waals surface area contributed by atoms with Gasteiger partial charge < -0.3 is 10.1 Å². The van der Waals surface area contributed by atoms with Gasteiger partial charge in [-0.25, -0.2) is 19.6 Å². The monoisotopic (exact) mass is 445 g/mol. The summed E-state index contributed by atoms with van der Waals surface area (Å²) in [4.78, 5) is 13.1. The summed E-state index contributed by atoms with van der Waals surface area (Å²) in [7, 11) is 0. The molecule has 0 amide bonds. The lowest BCUT2D eigenvalue weighted by molar-refractivity contribution is 0.481. The molecule has 34 heavy (non-hydrogen) atoms. The molecule has 8 heteroatoms. The molecule has 8 nitrogen and oxygen atoms in total. The standard InChI is InChI=1S/C26H19N7O/c1-18-29-17-33(32-18)22-10-8-21(9-11-22)30-26-28-14-13-24(31-26)19-7-12-25(20(15-19)16-27)34-23-5-3-2-4-6-23/h2-15,17H,1H3,(H,28,30,31). The average Bonchev–Trinajstić information content (AvgIpc) is 3.32. The number of hydrogen-bond acceptors (Lipinski definition) is 7. The van der Waals surface area contributed by atoms with Crippen LogP contribution in [0.1, 0.15) is 11.4 Å². The van der Waals surface area contributed by atoms with E-state index in [9.17, 15) is 5.26 Å². The summed E-state index contributed by atoms with van der Waals surface area (Å²) in [5.74, 6) is 2.33. The van der Waals surface area contributed by atoms with Crippen molar-refractivity contribution in [2.75, 3.05) is 5.32 Å². The SMILES string of the molecule is Cc1ncn(-c2ccc(Nc3nccc(-c4ccc(Oc5ccccc5)c(C#N)c4)n3)cc2)n1. The number of nitriles is 1. The zero-order chi connectivity index (χ0) is 23.3. The van der Waals surface area contributed by atoms with E-state index in [1.807, 2.05) is 67.6 Å². The molecule has 0 aliphatic carbocycles. The van der Waals surface area contributed by atoms with E-state index in [0.29, 0.717) is 34.5 Å². The van der Waals surface area contributed by atoms with Crippen molar-refractivity contribution in [1.29, 1.82) is 5.26 Å². The van der Waals surface area contributed by atoms with Gasteiger partial charge in [0.1, 0.15) is 29.7 Å². The number of aryl methyl sites for hydroxylation is 1. The summed E-state index contributed by atoms with van der Waals surface area (Å²) in [6.07, 6.45) is 3.35. The summed E-state index contributed by atoms with van der Waals surface area (Å²) >= 11 is 0. The Labute approximate surface area is 196 Å². The van der Waals surface area contributed by atoms with E-state index in [1.54, 1.807) is 35.4 Å². The summed E-state index contributed by atoms with van der Waals surface area (Å²) in [5.41, 5.74) is 3.65. The van der Waals surface area contributed by atoms with Crippen molar-refractivity contribution in [3.8, 4) is 34.5 Å². The topological polar surface area (TPSA) is 102 Å². The minimum Gasteiger partial charge on any atom is -0.456 e. The number of para-hydroxylation sites is 1. The maximum Gasteiger partial charge on any atom is 0.227 e. The van der Waals surface area contributed by atoms with E-state index >= 15 is 0 Å². The number of anilines is 2. The molecule has 2 aromatic heterocycles. The molecule has 0 aliphatic rings. The van der Waals surface area contributed by atoms with Gasteiger partial charge in [0.2, 0.25) is 5.95 Å². The Bertz CT molecular complexity index is 1470. The number of rotatable bonds is 6. The van der Waals surface area contributed by atoms with E-state index in [4.69, 9.17) is 4.74 Å². The number of nitrogens with one attached hydrogen (secondary N) is 1. The number of benzene rings is 3. The van der Waals surface area contributed by atoms with Crippen molar-refractivity contribution in [2.45, 2.75) is 6.92 Å². The van der Waals surface area contributed by atoms with Gasteiger partial charge in [0, 0.05) is 17.4 Å². The van der Waals surface area contributed by atoms with Crippen molar-refractivity contribution >= 4 is 11.6 Å². The summed E-state index contributed by atoms with van der Waals surface area (Å²) in [6, 6.07) is 26.5. The molecular formula is C26H19N7O. The van der Waals surface area contributed by atoms with Gasteiger partial charge in [-0.3, -0.25) is 0 Å². The van der Waals surface area contributed by atoms with Crippen LogP contribution in [-0.4, -0.2) is 24.7 Å². The van der Waals surface area contributed by atoms with Crippen LogP contribution in [0.25, 0.3) is 16.9 Å². The molecule has 0 saturated heterocycles. The molecule has 0 aliphatic heterocycles. The van der Waals surface area contributed by atoms with Crippen LogP contribution in [0.5, 0.6) is 11.5 Å². The second-order valence-corrected chi connectivity index (χ2v) is 7.41. The van der Waals surface area contributed by atoms with Crippen LogP contribution >= 0.6 is 0 Å². The first-order valence-electron chi connectivity index (χ1n) is 10.5.